The van der Waals surface area contributed by atoms with Gasteiger partial charge in [-0.1, -0.05) is 72.8 Å². The molecule has 5 heteroatoms. The zero-order valence-corrected chi connectivity index (χ0v) is 16.2. The number of rotatable bonds is 5. The summed E-state index contributed by atoms with van der Waals surface area (Å²) in [5, 5.41) is 0. The fraction of sp³-hybridized carbons (Fsp3) is 0.333. The molecule has 2 fully saturated rings. The van der Waals surface area contributed by atoms with Crippen LogP contribution in [-0.4, -0.2) is 41.6 Å². The molecule has 0 N–H and O–H groups in total. The number of hydrogen-bond acceptors (Lipinski definition) is 4. The number of fused-ring (bicyclic) bond motifs is 1. The van der Waals surface area contributed by atoms with E-state index < -0.39 is 17.4 Å². The number of likely N-dealkylation sites (tertiary alicyclic amines) is 1. The minimum Gasteiger partial charge on any atom is -0.466 e. The molecule has 3 heterocycles. The van der Waals surface area contributed by atoms with Crippen LogP contribution in [0.3, 0.4) is 0 Å². The quantitative estimate of drug-likeness (QED) is 0.582. The Hall–Kier alpha value is -2.92. The average molecular weight is 389 g/mol. The summed E-state index contributed by atoms with van der Waals surface area (Å²) in [7, 11) is 0. The van der Waals surface area contributed by atoms with Gasteiger partial charge in [-0.2, -0.15) is 0 Å². The number of carbonyl (C=O) groups excluding carboxylic acids is 2. The lowest BCUT2D eigenvalue weighted by molar-refractivity contribution is -0.153. The molecule has 2 aromatic rings. The van der Waals surface area contributed by atoms with Crippen LogP contribution in [0, 0.1) is 11.8 Å². The van der Waals surface area contributed by atoms with E-state index in [9.17, 15) is 9.59 Å². The van der Waals surface area contributed by atoms with Gasteiger partial charge in [0.15, 0.2) is 0 Å². The van der Waals surface area contributed by atoms with Gasteiger partial charge in [0.1, 0.15) is 11.5 Å². The maximum atomic E-state index is 13.7. The molecule has 148 valence electrons. The van der Waals surface area contributed by atoms with Crippen molar-refractivity contribution in [1.29, 1.82) is 0 Å². The maximum Gasteiger partial charge on any atom is 0.312 e. The Balaban J connectivity index is 1.55. The minimum absolute atomic E-state index is 0.0485. The van der Waals surface area contributed by atoms with Crippen LogP contribution in [0.2, 0.25) is 0 Å². The van der Waals surface area contributed by atoms with Crippen molar-refractivity contribution >= 4 is 11.9 Å². The minimum atomic E-state index is -0.749. The molecule has 3 aliphatic heterocycles. The number of hydrogen-bond donors (Lipinski definition) is 0. The number of amides is 1. The summed E-state index contributed by atoms with van der Waals surface area (Å²) in [6, 6.07) is 19.8. The number of esters is 1. The van der Waals surface area contributed by atoms with Gasteiger partial charge in [-0.05, 0) is 18.1 Å². The van der Waals surface area contributed by atoms with Gasteiger partial charge < -0.3 is 14.4 Å². The van der Waals surface area contributed by atoms with Crippen molar-refractivity contribution in [1.82, 2.24) is 4.90 Å². The van der Waals surface area contributed by atoms with Crippen LogP contribution in [0.4, 0.5) is 0 Å². The Morgan fingerprint density at radius 3 is 2.34 bits per heavy atom. The highest BCUT2D eigenvalue weighted by molar-refractivity contribution is 5.91. The van der Waals surface area contributed by atoms with E-state index in [-0.39, 0.29) is 24.0 Å². The summed E-state index contributed by atoms with van der Waals surface area (Å²) < 4.78 is 11.5. The summed E-state index contributed by atoms with van der Waals surface area (Å²) in [5.74, 6) is -1.51. The predicted molar refractivity (Wildman–Crippen MR) is 107 cm³/mol. The largest absolute Gasteiger partial charge is 0.466 e. The Bertz CT molecular complexity index is 918. The summed E-state index contributed by atoms with van der Waals surface area (Å²) >= 11 is 0. The second-order valence-corrected chi connectivity index (χ2v) is 7.84. The van der Waals surface area contributed by atoms with Crippen LogP contribution in [0.5, 0.6) is 0 Å². The molecule has 2 bridgehead atoms. The van der Waals surface area contributed by atoms with Gasteiger partial charge in [0.2, 0.25) is 5.91 Å². The third-order valence-electron chi connectivity index (χ3n) is 6.23. The first-order valence-electron chi connectivity index (χ1n) is 10.1. The number of carbonyl (C=O) groups is 2. The molecule has 1 amide bonds. The van der Waals surface area contributed by atoms with E-state index in [1.54, 1.807) is 6.92 Å². The molecular formula is C24H23NO4. The van der Waals surface area contributed by atoms with Gasteiger partial charge in [-0.3, -0.25) is 9.59 Å². The highest BCUT2D eigenvalue weighted by atomic mass is 16.6. The van der Waals surface area contributed by atoms with Crippen LogP contribution >= 0.6 is 0 Å². The Labute approximate surface area is 169 Å². The Morgan fingerprint density at radius 1 is 1.14 bits per heavy atom. The van der Waals surface area contributed by atoms with Crippen molar-refractivity contribution < 1.29 is 19.1 Å². The van der Waals surface area contributed by atoms with Crippen molar-refractivity contribution in [3.05, 3.63) is 83.9 Å². The predicted octanol–water partition coefficient (Wildman–Crippen LogP) is 3.12. The van der Waals surface area contributed by atoms with Crippen molar-refractivity contribution in [2.24, 2.45) is 11.8 Å². The van der Waals surface area contributed by atoms with Gasteiger partial charge >= 0.3 is 5.97 Å². The average Bonchev–Trinajstić information content (AvgIpc) is 3.39. The van der Waals surface area contributed by atoms with Gasteiger partial charge in [-0.15, -0.1) is 0 Å². The molecule has 2 aromatic carbocycles. The number of nitrogens with zero attached hydrogens (tertiary/aromatic N) is 1. The highest BCUT2D eigenvalue weighted by Crippen LogP contribution is 2.54. The van der Waals surface area contributed by atoms with Crippen molar-refractivity contribution in [3.63, 3.8) is 0 Å². The van der Waals surface area contributed by atoms with Crippen LogP contribution < -0.4 is 0 Å². The van der Waals surface area contributed by atoms with E-state index in [4.69, 9.17) is 9.47 Å². The molecule has 0 radical (unpaired) electrons. The van der Waals surface area contributed by atoms with Gasteiger partial charge in [0, 0.05) is 0 Å². The molecule has 0 unspecified atom stereocenters. The second kappa shape index (κ2) is 6.85. The molecule has 29 heavy (non-hydrogen) atoms. The third kappa shape index (κ3) is 2.72. The van der Waals surface area contributed by atoms with E-state index in [1.807, 2.05) is 77.7 Å². The molecule has 4 atom stereocenters. The zero-order valence-electron chi connectivity index (χ0n) is 16.2. The molecule has 0 aromatic heterocycles. The third-order valence-corrected chi connectivity index (χ3v) is 6.23. The van der Waals surface area contributed by atoms with Crippen molar-refractivity contribution in [2.75, 3.05) is 13.2 Å². The zero-order chi connectivity index (χ0) is 20.0. The second-order valence-electron chi connectivity index (χ2n) is 7.84. The first-order chi connectivity index (χ1) is 14.1. The monoisotopic (exact) mass is 389 g/mol. The standard InChI is InChI=1S/C24H23NO4/c1-2-28-23(27)19-18-13-14-24(29-18)15-25(22(26)20(19)24)21(16-9-5-3-6-10-16)17-11-7-4-8-12-17/h3-14,18-21H,2,15H2,1H3/t18-,19-,20-,24+/m0/s1. The summed E-state index contributed by atoms with van der Waals surface area (Å²) in [6.45, 7) is 2.50. The summed E-state index contributed by atoms with van der Waals surface area (Å²) in [5.41, 5.74) is 1.32. The van der Waals surface area contributed by atoms with Crippen molar-refractivity contribution in [2.45, 2.75) is 24.7 Å². The molecule has 1 spiro atoms. The lowest BCUT2D eigenvalue weighted by atomic mass is 9.77. The molecule has 5 nitrogen and oxygen atoms in total. The summed E-state index contributed by atoms with van der Waals surface area (Å²) in [4.78, 5) is 28.2. The fourth-order valence-corrected chi connectivity index (χ4v) is 5.08. The molecular weight excluding hydrogens is 366 g/mol. The van der Waals surface area contributed by atoms with Crippen LogP contribution in [0.25, 0.3) is 0 Å². The maximum absolute atomic E-state index is 13.7. The van der Waals surface area contributed by atoms with E-state index in [1.165, 1.54) is 0 Å². The van der Waals surface area contributed by atoms with Crippen LogP contribution in [-0.2, 0) is 19.1 Å². The van der Waals surface area contributed by atoms with E-state index in [0.29, 0.717) is 13.2 Å². The van der Waals surface area contributed by atoms with Crippen LogP contribution in [0.15, 0.2) is 72.8 Å². The normalized spacial score (nSPS) is 29.5. The summed E-state index contributed by atoms with van der Waals surface area (Å²) in [6.07, 6.45) is 3.51. The lowest BCUT2D eigenvalue weighted by Crippen LogP contribution is -2.40. The Kier molecular flexibility index (Phi) is 4.28. The highest BCUT2D eigenvalue weighted by Gasteiger charge is 2.68. The lowest BCUT2D eigenvalue weighted by Gasteiger charge is -2.31. The first kappa shape index (κ1) is 18.1. The molecule has 0 saturated carbocycles. The number of ether oxygens (including phenoxy) is 2. The molecule has 0 aliphatic carbocycles. The van der Waals surface area contributed by atoms with Gasteiger partial charge in [0.25, 0.3) is 0 Å². The molecule has 3 aliphatic rings. The molecule has 2 saturated heterocycles. The van der Waals surface area contributed by atoms with Gasteiger partial charge in [-0.25, -0.2) is 0 Å². The first-order valence-corrected chi connectivity index (χ1v) is 10.1. The number of benzene rings is 2. The van der Waals surface area contributed by atoms with E-state index in [0.717, 1.165) is 11.1 Å². The van der Waals surface area contributed by atoms with Gasteiger partial charge in [0.05, 0.1) is 31.2 Å². The van der Waals surface area contributed by atoms with Crippen LogP contribution in [0.1, 0.15) is 24.1 Å². The Morgan fingerprint density at radius 2 is 1.76 bits per heavy atom. The smallest absolute Gasteiger partial charge is 0.312 e. The van der Waals surface area contributed by atoms with E-state index in [2.05, 4.69) is 0 Å². The topological polar surface area (TPSA) is 55.8 Å². The van der Waals surface area contributed by atoms with Crippen molar-refractivity contribution in [3.8, 4) is 0 Å². The van der Waals surface area contributed by atoms with E-state index >= 15 is 0 Å². The SMILES string of the molecule is CCOC(=O)[C@H]1[C@@H]2C=C[C@]3(CN(C(c4ccccc4)c4ccccc4)C(=O)[C@H]13)O2. The fourth-order valence-electron chi connectivity index (χ4n) is 5.08. The molecule has 5 rings (SSSR count).